The summed E-state index contributed by atoms with van der Waals surface area (Å²) in [5.41, 5.74) is 1.33. The van der Waals surface area contributed by atoms with E-state index in [0.717, 1.165) is 12.0 Å². The molecule has 0 atom stereocenters. The van der Waals surface area contributed by atoms with Crippen LogP contribution in [0.15, 0.2) is 52.8 Å². The summed E-state index contributed by atoms with van der Waals surface area (Å²) in [5.74, 6) is 6.26. The van der Waals surface area contributed by atoms with Crippen molar-refractivity contribution in [3.8, 4) is 11.8 Å². The zero-order valence-corrected chi connectivity index (χ0v) is 14.3. The van der Waals surface area contributed by atoms with Gasteiger partial charge in [-0.05, 0) is 62.1 Å². The van der Waals surface area contributed by atoms with Crippen LogP contribution in [0.3, 0.4) is 0 Å². The summed E-state index contributed by atoms with van der Waals surface area (Å²) in [4.78, 5) is 18.5. The molecule has 5 heteroatoms. The largest absolute Gasteiger partial charge is 0.459 e. The summed E-state index contributed by atoms with van der Waals surface area (Å²) >= 11 is 5.92. The Labute approximate surface area is 146 Å². The third-order valence-electron chi connectivity index (χ3n) is 4.21. The zero-order chi connectivity index (χ0) is 17.2. The maximum absolute atomic E-state index is 12.5. The van der Waals surface area contributed by atoms with Gasteiger partial charge in [-0.3, -0.25) is 4.79 Å². The van der Waals surface area contributed by atoms with Crippen LogP contribution < -0.4 is 0 Å². The topological polar surface area (TPSA) is 46.3 Å². The summed E-state index contributed by atoms with van der Waals surface area (Å²) in [7, 11) is 0. The quantitative estimate of drug-likeness (QED) is 0.739. The molecule has 0 aromatic carbocycles. The second-order valence-electron chi connectivity index (χ2n) is 6.04. The zero-order valence-electron chi connectivity index (χ0n) is 13.5. The Balaban J connectivity index is 1.80. The van der Waals surface area contributed by atoms with Crippen LogP contribution >= 0.6 is 11.6 Å². The van der Waals surface area contributed by atoms with Crippen molar-refractivity contribution in [3.63, 3.8) is 0 Å². The van der Waals surface area contributed by atoms with Crippen molar-refractivity contribution < 1.29 is 9.21 Å². The van der Waals surface area contributed by atoms with E-state index in [-0.39, 0.29) is 5.91 Å². The molecular formula is C19H17ClN2O2. The number of halogens is 1. The highest BCUT2D eigenvalue weighted by atomic mass is 35.5. The van der Waals surface area contributed by atoms with Crippen molar-refractivity contribution in [2.75, 3.05) is 6.54 Å². The average Bonchev–Trinajstić information content (AvgIpc) is 3.16. The first kappa shape index (κ1) is 16.4. The highest BCUT2D eigenvalue weighted by Gasteiger charge is 2.40. The number of amides is 1. The highest BCUT2D eigenvalue weighted by Crippen LogP contribution is 2.34. The summed E-state index contributed by atoms with van der Waals surface area (Å²) < 4.78 is 5.23. The Morgan fingerprint density at radius 3 is 3.00 bits per heavy atom. The van der Waals surface area contributed by atoms with Crippen molar-refractivity contribution in [2.45, 2.75) is 25.8 Å². The van der Waals surface area contributed by atoms with Gasteiger partial charge in [0.25, 0.3) is 5.91 Å². The maximum Gasteiger partial charge on any atom is 0.290 e. The number of hydrogen-bond donors (Lipinski definition) is 0. The first-order chi connectivity index (χ1) is 11.5. The molecule has 0 aliphatic carbocycles. The van der Waals surface area contributed by atoms with E-state index in [2.05, 4.69) is 16.8 Å². The number of carbonyl (C=O) groups excluding carboxylic acids is 1. The number of pyridine rings is 1. The summed E-state index contributed by atoms with van der Waals surface area (Å²) in [5, 5.41) is 0.610. The molecule has 1 saturated heterocycles. The van der Waals surface area contributed by atoms with Gasteiger partial charge in [0.1, 0.15) is 5.69 Å². The minimum atomic E-state index is -0.402. The maximum atomic E-state index is 12.5. The van der Waals surface area contributed by atoms with E-state index < -0.39 is 5.54 Å². The SMILES string of the molecule is CC1(C)/C(=C/C#Cc2cc(Cl)ccn2)CCN1C(=O)c1ccco1. The third-order valence-corrected chi connectivity index (χ3v) is 4.45. The molecule has 2 aromatic rings. The van der Waals surface area contributed by atoms with Crippen LogP contribution in [0.1, 0.15) is 36.5 Å². The molecule has 0 unspecified atom stereocenters. The molecule has 1 fully saturated rings. The Morgan fingerprint density at radius 1 is 1.46 bits per heavy atom. The van der Waals surface area contributed by atoms with E-state index in [0.29, 0.717) is 23.0 Å². The number of aromatic nitrogens is 1. The normalized spacial score (nSPS) is 17.6. The fourth-order valence-electron chi connectivity index (χ4n) is 2.80. The van der Waals surface area contributed by atoms with Crippen molar-refractivity contribution in [1.82, 2.24) is 9.88 Å². The van der Waals surface area contributed by atoms with Gasteiger partial charge in [0.15, 0.2) is 5.76 Å². The molecule has 4 nitrogen and oxygen atoms in total. The Morgan fingerprint density at radius 2 is 2.29 bits per heavy atom. The molecule has 1 aliphatic heterocycles. The number of allylic oxidation sites excluding steroid dienone is 1. The number of carbonyl (C=O) groups is 1. The number of likely N-dealkylation sites (tertiary alicyclic amines) is 1. The minimum absolute atomic E-state index is 0.0992. The van der Waals surface area contributed by atoms with E-state index >= 15 is 0 Å². The predicted molar refractivity (Wildman–Crippen MR) is 92.6 cm³/mol. The predicted octanol–water partition coefficient (Wildman–Crippen LogP) is 3.93. The van der Waals surface area contributed by atoms with Crippen LogP contribution in [0.5, 0.6) is 0 Å². The van der Waals surface area contributed by atoms with Crippen LogP contribution in [0, 0.1) is 11.8 Å². The molecule has 3 heterocycles. The minimum Gasteiger partial charge on any atom is -0.459 e. The third kappa shape index (κ3) is 3.22. The first-order valence-electron chi connectivity index (χ1n) is 7.66. The van der Waals surface area contributed by atoms with Gasteiger partial charge in [-0.2, -0.15) is 0 Å². The van der Waals surface area contributed by atoms with E-state index in [4.69, 9.17) is 16.0 Å². The number of furan rings is 1. The van der Waals surface area contributed by atoms with Crippen LogP contribution in [0.2, 0.25) is 5.02 Å². The van der Waals surface area contributed by atoms with Gasteiger partial charge in [0, 0.05) is 17.8 Å². The number of rotatable bonds is 1. The number of hydrogen-bond acceptors (Lipinski definition) is 3. The van der Waals surface area contributed by atoms with E-state index in [1.165, 1.54) is 6.26 Å². The van der Waals surface area contributed by atoms with E-state index in [1.807, 2.05) is 24.8 Å². The van der Waals surface area contributed by atoms with Crippen molar-refractivity contribution in [3.05, 3.63) is 64.9 Å². The molecule has 0 bridgehead atoms. The Bertz CT molecular complexity index is 842. The lowest BCUT2D eigenvalue weighted by atomic mass is 9.94. The lowest BCUT2D eigenvalue weighted by Gasteiger charge is -2.31. The molecule has 0 saturated carbocycles. The molecule has 122 valence electrons. The summed E-state index contributed by atoms with van der Waals surface area (Å²) in [6.45, 7) is 4.69. The van der Waals surface area contributed by atoms with Crippen molar-refractivity contribution >= 4 is 17.5 Å². The fourth-order valence-corrected chi connectivity index (χ4v) is 2.96. The monoisotopic (exact) mass is 340 g/mol. The molecule has 1 amide bonds. The van der Waals surface area contributed by atoms with Crippen LogP contribution in [0.4, 0.5) is 0 Å². The van der Waals surface area contributed by atoms with Gasteiger partial charge in [0.2, 0.25) is 0 Å². The Kier molecular flexibility index (Phi) is 4.46. The molecule has 1 aliphatic rings. The molecule has 24 heavy (non-hydrogen) atoms. The second-order valence-corrected chi connectivity index (χ2v) is 6.48. The molecular weight excluding hydrogens is 324 g/mol. The van der Waals surface area contributed by atoms with Crippen LogP contribution in [-0.4, -0.2) is 27.9 Å². The van der Waals surface area contributed by atoms with Gasteiger partial charge in [-0.1, -0.05) is 17.5 Å². The lowest BCUT2D eigenvalue weighted by Crippen LogP contribution is -2.43. The second kappa shape index (κ2) is 6.54. The molecule has 2 aromatic heterocycles. The molecule has 0 N–H and O–H groups in total. The first-order valence-corrected chi connectivity index (χ1v) is 8.04. The van der Waals surface area contributed by atoms with Gasteiger partial charge in [-0.15, -0.1) is 0 Å². The van der Waals surface area contributed by atoms with Crippen molar-refractivity contribution in [2.24, 2.45) is 0 Å². The van der Waals surface area contributed by atoms with Crippen LogP contribution in [0.25, 0.3) is 0 Å². The smallest absolute Gasteiger partial charge is 0.290 e. The van der Waals surface area contributed by atoms with Crippen LogP contribution in [-0.2, 0) is 0 Å². The molecule has 0 radical (unpaired) electrons. The van der Waals surface area contributed by atoms with E-state index in [1.54, 1.807) is 30.5 Å². The highest BCUT2D eigenvalue weighted by molar-refractivity contribution is 6.30. The lowest BCUT2D eigenvalue weighted by molar-refractivity contribution is 0.0645. The van der Waals surface area contributed by atoms with Gasteiger partial charge in [0.05, 0.1) is 11.8 Å². The van der Waals surface area contributed by atoms with Crippen molar-refractivity contribution in [1.29, 1.82) is 0 Å². The Hall–Kier alpha value is -2.51. The van der Waals surface area contributed by atoms with Gasteiger partial charge < -0.3 is 9.32 Å². The molecule has 0 spiro atoms. The van der Waals surface area contributed by atoms with Gasteiger partial charge in [-0.25, -0.2) is 4.98 Å². The average molecular weight is 341 g/mol. The molecule has 3 rings (SSSR count). The summed E-state index contributed by atoms with van der Waals surface area (Å²) in [6, 6.07) is 6.84. The fraction of sp³-hybridized carbons (Fsp3) is 0.263. The standard InChI is InChI=1S/C19H17ClN2O2/c1-19(2)14(5-3-6-16-13-15(20)8-10-21-16)9-11-22(19)18(23)17-7-4-12-24-17/h4-5,7-8,10,12-13H,9,11H2,1-2H3/b14-5+. The van der Waals surface area contributed by atoms with E-state index in [9.17, 15) is 4.79 Å². The number of nitrogens with zero attached hydrogens (tertiary/aromatic N) is 2. The van der Waals surface area contributed by atoms with Gasteiger partial charge >= 0.3 is 0 Å². The summed E-state index contributed by atoms with van der Waals surface area (Å²) in [6.07, 6.45) is 5.80.